The third-order valence-corrected chi connectivity index (χ3v) is 4.19. The van der Waals surface area contributed by atoms with E-state index in [0.29, 0.717) is 0 Å². The first-order valence-corrected chi connectivity index (χ1v) is 6.76. The van der Waals surface area contributed by atoms with Crippen molar-refractivity contribution < 1.29 is 9.53 Å². The van der Waals surface area contributed by atoms with Crippen molar-refractivity contribution in [1.82, 2.24) is 4.98 Å². The van der Waals surface area contributed by atoms with Gasteiger partial charge in [0.1, 0.15) is 6.04 Å². The lowest BCUT2D eigenvalue weighted by atomic mass is 10.1. The van der Waals surface area contributed by atoms with Crippen LogP contribution in [0.5, 0.6) is 0 Å². The zero-order valence-corrected chi connectivity index (χ0v) is 11.2. The van der Waals surface area contributed by atoms with Crippen LogP contribution in [0.4, 0.5) is 11.4 Å². The van der Waals surface area contributed by atoms with Crippen LogP contribution in [0.25, 0.3) is 10.9 Å². The van der Waals surface area contributed by atoms with Crippen LogP contribution in [-0.4, -0.2) is 36.7 Å². The molecule has 102 valence electrons. The molecule has 1 aromatic carbocycles. The van der Waals surface area contributed by atoms with Gasteiger partial charge in [-0.25, -0.2) is 0 Å². The molecule has 1 amide bonds. The number of hydrogen-bond acceptors (Lipinski definition) is 4. The molecule has 5 nitrogen and oxygen atoms in total. The van der Waals surface area contributed by atoms with Crippen LogP contribution in [0, 0.1) is 0 Å². The van der Waals surface area contributed by atoms with Gasteiger partial charge in [-0.15, -0.1) is 0 Å². The molecule has 3 heterocycles. The van der Waals surface area contributed by atoms with Gasteiger partial charge in [0.15, 0.2) is 0 Å². The number of methoxy groups -OCH3 is 1. The predicted octanol–water partition coefficient (Wildman–Crippen LogP) is 1.78. The quantitative estimate of drug-likeness (QED) is 0.857. The van der Waals surface area contributed by atoms with Gasteiger partial charge in [0.05, 0.1) is 29.2 Å². The molecule has 2 atom stereocenters. The van der Waals surface area contributed by atoms with Crippen molar-refractivity contribution in [3.8, 4) is 0 Å². The first-order chi connectivity index (χ1) is 9.78. The third kappa shape index (κ3) is 1.53. The number of fused-ring (bicyclic) bond motifs is 5. The molecule has 0 bridgehead atoms. The van der Waals surface area contributed by atoms with Crippen molar-refractivity contribution in [2.75, 3.05) is 23.9 Å². The Morgan fingerprint density at radius 1 is 1.40 bits per heavy atom. The number of nitrogens with zero attached hydrogens (tertiary/aromatic N) is 2. The van der Waals surface area contributed by atoms with E-state index in [4.69, 9.17) is 4.74 Å². The van der Waals surface area contributed by atoms with Crippen molar-refractivity contribution in [2.45, 2.75) is 18.6 Å². The molecule has 20 heavy (non-hydrogen) atoms. The Bertz CT molecular complexity index is 701. The zero-order chi connectivity index (χ0) is 13.7. The van der Waals surface area contributed by atoms with Gasteiger partial charge in [-0.2, -0.15) is 0 Å². The van der Waals surface area contributed by atoms with Crippen LogP contribution >= 0.6 is 0 Å². The third-order valence-electron chi connectivity index (χ3n) is 4.19. The molecule has 2 aliphatic heterocycles. The molecule has 5 heteroatoms. The van der Waals surface area contributed by atoms with Gasteiger partial charge < -0.3 is 15.0 Å². The molecule has 1 aromatic heterocycles. The normalized spacial score (nSPS) is 24.4. The summed E-state index contributed by atoms with van der Waals surface area (Å²) < 4.78 is 5.44. The van der Waals surface area contributed by atoms with Gasteiger partial charge >= 0.3 is 0 Å². The van der Waals surface area contributed by atoms with Crippen LogP contribution in [0.1, 0.15) is 6.42 Å². The van der Waals surface area contributed by atoms with Crippen molar-refractivity contribution >= 4 is 28.2 Å². The first kappa shape index (κ1) is 11.7. The molecule has 0 spiro atoms. The number of pyridine rings is 1. The molecule has 1 fully saturated rings. The van der Waals surface area contributed by atoms with Gasteiger partial charge in [0.2, 0.25) is 5.91 Å². The SMILES string of the molecule is COC1CC2C(=O)Nc3cnc4ccccc4c3N2C1. The van der Waals surface area contributed by atoms with E-state index in [2.05, 4.69) is 21.3 Å². The van der Waals surface area contributed by atoms with Crippen LogP contribution < -0.4 is 10.2 Å². The Balaban J connectivity index is 1.93. The van der Waals surface area contributed by atoms with Gasteiger partial charge in [0, 0.05) is 25.5 Å². The van der Waals surface area contributed by atoms with Crippen molar-refractivity contribution in [3.05, 3.63) is 30.5 Å². The Kier molecular flexibility index (Phi) is 2.44. The summed E-state index contributed by atoms with van der Waals surface area (Å²) in [5, 5.41) is 4.05. The van der Waals surface area contributed by atoms with Gasteiger partial charge in [0.25, 0.3) is 0 Å². The van der Waals surface area contributed by atoms with Crippen molar-refractivity contribution in [1.29, 1.82) is 0 Å². The zero-order valence-electron chi connectivity index (χ0n) is 11.2. The van der Waals surface area contributed by atoms with Crippen LogP contribution in [-0.2, 0) is 9.53 Å². The molecule has 2 aliphatic rings. The lowest BCUT2D eigenvalue weighted by Gasteiger charge is -2.33. The maximum absolute atomic E-state index is 12.2. The fraction of sp³-hybridized carbons (Fsp3) is 0.333. The van der Waals surface area contributed by atoms with E-state index in [1.54, 1.807) is 13.3 Å². The van der Waals surface area contributed by atoms with E-state index in [1.165, 1.54) is 0 Å². The van der Waals surface area contributed by atoms with E-state index < -0.39 is 0 Å². The summed E-state index contributed by atoms with van der Waals surface area (Å²) in [5.41, 5.74) is 2.81. The Morgan fingerprint density at radius 3 is 3.10 bits per heavy atom. The first-order valence-electron chi connectivity index (χ1n) is 6.76. The Hall–Kier alpha value is -2.14. The minimum atomic E-state index is -0.141. The average Bonchev–Trinajstić information content (AvgIpc) is 2.92. The summed E-state index contributed by atoms with van der Waals surface area (Å²) >= 11 is 0. The molecule has 0 radical (unpaired) electrons. The summed E-state index contributed by atoms with van der Waals surface area (Å²) in [5.74, 6) is 0.0362. The molecular weight excluding hydrogens is 254 g/mol. The van der Waals surface area contributed by atoms with E-state index in [1.807, 2.05) is 18.2 Å². The number of aromatic nitrogens is 1. The lowest BCUT2D eigenvalue weighted by molar-refractivity contribution is -0.117. The molecule has 1 N–H and O–H groups in total. The van der Waals surface area contributed by atoms with Crippen molar-refractivity contribution in [2.24, 2.45) is 0 Å². The second kappa shape index (κ2) is 4.18. The molecule has 2 unspecified atom stereocenters. The highest BCUT2D eigenvalue weighted by atomic mass is 16.5. The number of carbonyl (C=O) groups excluding carboxylic acids is 1. The number of para-hydroxylation sites is 1. The number of hydrogen-bond donors (Lipinski definition) is 1. The largest absolute Gasteiger partial charge is 0.380 e. The number of anilines is 2. The molecule has 2 aromatic rings. The maximum Gasteiger partial charge on any atom is 0.247 e. The van der Waals surface area contributed by atoms with Crippen LogP contribution in [0.3, 0.4) is 0 Å². The van der Waals surface area contributed by atoms with E-state index >= 15 is 0 Å². The monoisotopic (exact) mass is 269 g/mol. The van der Waals surface area contributed by atoms with Gasteiger partial charge in [-0.1, -0.05) is 18.2 Å². The summed E-state index contributed by atoms with van der Waals surface area (Å²) in [4.78, 5) is 18.8. The van der Waals surface area contributed by atoms with Crippen molar-refractivity contribution in [3.63, 3.8) is 0 Å². The average molecular weight is 269 g/mol. The molecule has 1 saturated heterocycles. The molecule has 4 rings (SSSR count). The predicted molar refractivity (Wildman–Crippen MR) is 76.9 cm³/mol. The second-order valence-corrected chi connectivity index (χ2v) is 5.29. The summed E-state index contributed by atoms with van der Waals surface area (Å²) in [7, 11) is 1.70. The van der Waals surface area contributed by atoms with E-state index in [0.717, 1.165) is 35.2 Å². The minimum Gasteiger partial charge on any atom is -0.380 e. The fourth-order valence-corrected chi connectivity index (χ4v) is 3.21. The molecular formula is C15H15N3O2. The molecule has 0 aliphatic carbocycles. The molecule has 0 saturated carbocycles. The second-order valence-electron chi connectivity index (χ2n) is 5.29. The minimum absolute atomic E-state index is 0.0362. The Morgan fingerprint density at radius 2 is 2.25 bits per heavy atom. The lowest BCUT2D eigenvalue weighted by Crippen LogP contribution is -2.44. The number of ether oxygens (including phenoxy) is 1. The summed E-state index contributed by atoms with van der Waals surface area (Å²) in [6.45, 7) is 0.746. The standard InChI is InChI=1S/C15H15N3O2/c1-20-9-6-13-15(19)17-12-7-16-11-5-3-2-4-10(11)14(12)18(13)8-9/h2-5,7,9,13H,6,8H2,1H3,(H,17,19). The number of carbonyl (C=O) groups is 1. The summed E-state index contributed by atoms with van der Waals surface area (Å²) in [6, 6.07) is 7.88. The highest BCUT2D eigenvalue weighted by Gasteiger charge is 2.41. The van der Waals surface area contributed by atoms with Crippen LogP contribution in [0.15, 0.2) is 30.5 Å². The number of nitrogens with one attached hydrogen (secondary N) is 1. The van der Waals surface area contributed by atoms with Gasteiger partial charge in [-0.3, -0.25) is 9.78 Å². The highest BCUT2D eigenvalue weighted by Crippen LogP contribution is 2.41. The number of benzene rings is 1. The summed E-state index contributed by atoms with van der Waals surface area (Å²) in [6.07, 6.45) is 2.58. The van der Waals surface area contributed by atoms with E-state index in [-0.39, 0.29) is 18.1 Å². The van der Waals surface area contributed by atoms with Crippen LogP contribution in [0.2, 0.25) is 0 Å². The maximum atomic E-state index is 12.2. The van der Waals surface area contributed by atoms with E-state index in [9.17, 15) is 4.79 Å². The number of rotatable bonds is 1. The number of amides is 1. The fourth-order valence-electron chi connectivity index (χ4n) is 3.21. The Labute approximate surface area is 116 Å². The topological polar surface area (TPSA) is 54.5 Å². The van der Waals surface area contributed by atoms with Gasteiger partial charge in [-0.05, 0) is 6.07 Å². The highest BCUT2D eigenvalue weighted by molar-refractivity contribution is 6.10. The smallest absolute Gasteiger partial charge is 0.247 e.